The van der Waals surface area contributed by atoms with Crippen LogP contribution in [0, 0.1) is 11.8 Å². The highest BCUT2D eigenvalue weighted by molar-refractivity contribution is 5.93. The first-order valence-electron chi connectivity index (χ1n) is 8.01. The van der Waals surface area contributed by atoms with E-state index in [4.69, 9.17) is 4.74 Å². The number of nitrogens with one attached hydrogen (secondary N) is 2. The first-order chi connectivity index (χ1) is 11.2. The van der Waals surface area contributed by atoms with Crippen molar-refractivity contribution >= 4 is 11.6 Å². The zero-order valence-corrected chi connectivity index (χ0v) is 13.3. The van der Waals surface area contributed by atoms with E-state index < -0.39 is 0 Å². The number of ether oxygens (including phenoxy) is 1. The molecule has 4 nitrogen and oxygen atoms in total. The van der Waals surface area contributed by atoms with Crippen LogP contribution in [-0.2, 0) is 11.4 Å². The van der Waals surface area contributed by atoms with Crippen molar-refractivity contribution in [2.75, 3.05) is 18.4 Å². The lowest BCUT2D eigenvalue weighted by Crippen LogP contribution is -2.27. The van der Waals surface area contributed by atoms with E-state index in [1.165, 1.54) is 0 Å². The average molecular weight is 310 g/mol. The van der Waals surface area contributed by atoms with E-state index in [1.807, 2.05) is 54.6 Å². The van der Waals surface area contributed by atoms with Gasteiger partial charge in [0.25, 0.3) is 0 Å². The summed E-state index contributed by atoms with van der Waals surface area (Å²) in [4.78, 5) is 12.2. The molecule has 0 unspecified atom stereocenters. The molecule has 0 bridgehead atoms. The SMILES string of the molecule is C[C@@H]1CNC[C@H]1C(=O)Nc1ccc(OCc2ccccc2)cc1. The Hall–Kier alpha value is -2.33. The van der Waals surface area contributed by atoms with Crippen LogP contribution in [0.4, 0.5) is 5.69 Å². The first-order valence-corrected chi connectivity index (χ1v) is 8.01. The minimum atomic E-state index is 0.0454. The summed E-state index contributed by atoms with van der Waals surface area (Å²) in [6.45, 7) is 4.30. The van der Waals surface area contributed by atoms with E-state index >= 15 is 0 Å². The Kier molecular flexibility index (Phi) is 4.93. The molecule has 120 valence electrons. The first kappa shape index (κ1) is 15.6. The van der Waals surface area contributed by atoms with Crippen LogP contribution >= 0.6 is 0 Å². The Morgan fingerprint density at radius 2 is 1.87 bits per heavy atom. The second kappa shape index (κ2) is 7.29. The molecule has 23 heavy (non-hydrogen) atoms. The van der Waals surface area contributed by atoms with Gasteiger partial charge >= 0.3 is 0 Å². The van der Waals surface area contributed by atoms with Crippen molar-refractivity contribution in [1.29, 1.82) is 0 Å². The van der Waals surface area contributed by atoms with Gasteiger partial charge in [0.05, 0.1) is 5.92 Å². The summed E-state index contributed by atoms with van der Waals surface area (Å²) in [6.07, 6.45) is 0. The summed E-state index contributed by atoms with van der Waals surface area (Å²) in [6, 6.07) is 17.6. The predicted molar refractivity (Wildman–Crippen MR) is 91.4 cm³/mol. The Balaban J connectivity index is 1.53. The molecule has 1 saturated heterocycles. The number of rotatable bonds is 5. The number of anilines is 1. The lowest BCUT2D eigenvalue weighted by Gasteiger charge is -2.14. The molecule has 0 spiro atoms. The molecule has 2 atom stereocenters. The second-order valence-corrected chi connectivity index (χ2v) is 6.03. The summed E-state index contributed by atoms with van der Waals surface area (Å²) >= 11 is 0. The van der Waals surface area contributed by atoms with Crippen LogP contribution in [0.1, 0.15) is 12.5 Å². The maximum atomic E-state index is 12.2. The van der Waals surface area contributed by atoms with Crippen LogP contribution in [0.15, 0.2) is 54.6 Å². The maximum Gasteiger partial charge on any atom is 0.229 e. The molecule has 1 aliphatic heterocycles. The monoisotopic (exact) mass is 310 g/mol. The van der Waals surface area contributed by atoms with Crippen LogP contribution in [0.25, 0.3) is 0 Å². The van der Waals surface area contributed by atoms with E-state index in [-0.39, 0.29) is 11.8 Å². The van der Waals surface area contributed by atoms with Crippen LogP contribution in [0.2, 0.25) is 0 Å². The molecular weight excluding hydrogens is 288 g/mol. The highest BCUT2D eigenvalue weighted by Crippen LogP contribution is 2.21. The molecule has 3 rings (SSSR count). The van der Waals surface area contributed by atoms with Gasteiger partial charge in [-0.15, -0.1) is 0 Å². The standard InChI is InChI=1S/C19H22N2O2/c1-14-11-20-12-18(14)19(22)21-16-7-9-17(10-8-16)23-13-15-5-3-2-4-6-15/h2-10,14,18,20H,11-13H2,1H3,(H,21,22)/t14-,18-/m1/s1. The van der Waals surface area contributed by atoms with Crippen molar-refractivity contribution < 1.29 is 9.53 Å². The van der Waals surface area contributed by atoms with E-state index in [0.717, 1.165) is 30.1 Å². The van der Waals surface area contributed by atoms with Gasteiger partial charge in [0.1, 0.15) is 12.4 Å². The van der Waals surface area contributed by atoms with Gasteiger partial charge < -0.3 is 15.4 Å². The largest absolute Gasteiger partial charge is 0.489 e. The average Bonchev–Trinajstić information content (AvgIpc) is 3.01. The van der Waals surface area contributed by atoms with Gasteiger partial charge in [-0.2, -0.15) is 0 Å². The number of hydrogen-bond acceptors (Lipinski definition) is 3. The number of amides is 1. The Labute approximate surface area is 136 Å². The van der Waals surface area contributed by atoms with Crippen LogP contribution in [0.3, 0.4) is 0 Å². The smallest absolute Gasteiger partial charge is 0.229 e. The molecular formula is C19H22N2O2. The molecule has 4 heteroatoms. The zero-order chi connectivity index (χ0) is 16.1. The molecule has 1 fully saturated rings. The molecule has 2 N–H and O–H groups in total. The zero-order valence-electron chi connectivity index (χ0n) is 13.3. The molecule has 0 aliphatic carbocycles. The number of benzene rings is 2. The maximum absolute atomic E-state index is 12.2. The van der Waals surface area contributed by atoms with E-state index in [1.54, 1.807) is 0 Å². The van der Waals surface area contributed by atoms with E-state index in [9.17, 15) is 4.79 Å². The molecule has 0 radical (unpaired) electrons. The molecule has 0 aromatic heterocycles. The lowest BCUT2D eigenvalue weighted by molar-refractivity contribution is -0.120. The summed E-state index contributed by atoms with van der Waals surface area (Å²) in [7, 11) is 0. The Morgan fingerprint density at radius 3 is 2.52 bits per heavy atom. The second-order valence-electron chi connectivity index (χ2n) is 6.03. The van der Waals surface area contributed by atoms with Gasteiger partial charge in [0.15, 0.2) is 0 Å². The van der Waals surface area contributed by atoms with Crippen molar-refractivity contribution in [2.24, 2.45) is 11.8 Å². The third-order valence-electron chi connectivity index (χ3n) is 4.22. The number of carbonyl (C=O) groups is 1. The van der Waals surface area contributed by atoms with Gasteiger partial charge in [0.2, 0.25) is 5.91 Å². The Bertz CT molecular complexity index is 640. The fraction of sp³-hybridized carbons (Fsp3) is 0.316. The van der Waals surface area contributed by atoms with Crippen molar-refractivity contribution in [3.05, 3.63) is 60.2 Å². The van der Waals surface area contributed by atoms with Crippen molar-refractivity contribution in [1.82, 2.24) is 5.32 Å². The number of carbonyl (C=O) groups excluding carboxylic acids is 1. The van der Waals surface area contributed by atoms with Crippen LogP contribution in [-0.4, -0.2) is 19.0 Å². The van der Waals surface area contributed by atoms with Crippen molar-refractivity contribution in [2.45, 2.75) is 13.5 Å². The van der Waals surface area contributed by atoms with Gasteiger partial charge in [0, 0.05) is 12.2 Å². The lowest BCUT2D eigenvalue weighted by atomic mass is 9.97. The van der Waals surface area contributed by atoms with Crippen LogP contribution < -0.4 is 15.4 Å². The molecule has 1 amide bonds. The van der Waals surface area contributed by atoms with Gasteiger partial charge in [-0.25, -0.2) is 0 Å². The summed E-state index contributed by atoms with van der Waals surface area (Å²) in [5.74, 6) is 1.30. The Morgan fingerprint density at radius 1 is 1.13 bits per heavy atom. The topological polar surface area (TPSA) is 50.4 Å². The highest BCUT2D eigenvalue weighted by Gasteiger charge is 2.29. The molecule has 2 aromatic carbocycles. The van der Waals surface area contributed by atoms with Crippen molar-refractivity contribution in [3.8, 4) is 5.75 Å². The van der Waals surface area contributed by atoms with Gasteiger partial charge in [-0.05, 0) is 42.3 Å². The fourth-order valence-electron chi connectivity index (χ4n) is 2.77. The van der Waals surface area contributed by atoms with Crippen molar-refractivity contribution in [3.63, 3.8) is 0 Å². The summed E-state index contributed by atoms with van der Waals surface area (Å²) in [5.41, 5.74) is 1.94. The molecule has 2 aromatic rings. The highest BCUT2D eigenvalue weighted by atomic mass is 16.5. The third-order valence-corrected chi connectivity index (χ3v) is 4.22. The normalized spacial score (nSPS) is 20.2. The van der Waals surface area contributed by atoms with E-state index in [2.05, 4.69) is 17.6 Å². The predicted octanol–water partition coefficient (Wildman–Crippen LogP) is 3.06. The minimum absolute atomic E-state index is 0.0454. The number of hydrogen-bond donors (Lipinski definition) is 2. The molecule has 0 saturated carbocycles. The third kappa shape index (κ3) is 4.11. The molecule has 1 aliphatic rings. The van der Waals surface area contributed by atoms with Gasteiger partial charge in [-0.3, -0.25) is 4.79 Å². The quantitative estimate of drug-likeness (QED) is 0.892. The van der Waals surface area contributed by atoms with Crippen LogP contribution in [0.5, 0.6) is 5.75 Å². The van der Waals surface area contributed by atoms with Gasteiger partial charge in [-0.1, -0.05) is 37.3 Å². The summed E-state index contributed by atoms with van der Waals surface area (Å²) < 4.78 is 5.75. The van der Waals surface area contributed by atoms with E-state index in [0.29, 0.717) is 12.5 Å². The minimum Gasteiger partial charge on any atom is -0.489 e. The summed E-state index contributed by atoms with van der Waals surface area (Å²) in [5, 5.41) is 6.23. The molecule has 1 heterocycles. The fourth-order valence-corrected chi connectivity index (χ4v) is 2.77.